The van der Waals surface area contributed by atoms with Crippen LogP contribution in [0.5, 0.6) is 0 Å². The number of hydrogen-bond acceptors (Lipinski definition) is 3. The van der Waals surface area contributed by atoms with E-state index >= 15 is 0 Å². The molecule has 1 aromatic carbocycles. The lowest BCUT2D eigenvalue weighted by molar-refractivity contribution is -0.991. The Hall–Kier alpha value is -1.48. The van der Waals surface area contributed by atoms with Gasteiger partial charge in [0.1, 0.15) is 5.65 Å². The summed E-state index contributed by atoms with van der Waals surface area (Å²) in [6, 6.07) is 9.31. The van der Waals surface area contributed by atoms with Crippen LogP contribution in [0, 0.1) is 15.7 Å². The van der Waals surface area contributed by atoms with E-state index in [1.54, 1.807) is 12.1 Å². The molecule has 5 nitrogen and oxygen atoms in total. The molecule has 0 saturated carbocycles. The fraction of sp³-hybridized carbons (Fsp3) is 0.0714. The Morgan fingerprint density at radius 2 is 2.05 bits per heavy atom. The summed E-state index contributed by atoms with van der Waals surface area (Å²) in [5.41, 5.74) is 3.88. The molecule has 3 aromatic rings. The molecular formula is C14H12IN3O2. The second-order valence-electron chi connectivity index (χ2n) is 4.60. The van der Waals surface area contributed by atoms with Crippen LogP contribution in [0.2, 0.25) is 0 Å². The van der Waals surface area contributed by atoms with Gasteiger partial charge in [-0.2, -0.15) is 5.23 Å². The van der Waals surface area contributed by atoms with Crippen molar-refractivity contribution in [3.05, 3.63) is 57.1 Å². The Kier molecular flexibility index (Phi) is 3.47. The molecule has 0 fully saturated rings. The third-order valence-corrected chi connectivity index (χ3v) is 4.03. The number of pyridine rings is 1. The monoisotopic (exact) mass is 381 g/mol. The van der Waals surface area contributed by atoms with Gasteiger partial charge in [-0.25, -0.2) is 10.2 Å². The molecule has 6 heteroatoms. The number of aryl methyl sites for hydroxylation is 1. The second-order valence-corrected chi connectivity index (χ2v) is 5.76. The molecule has 0 amide bonds. The Morgan fingerprint density at radius 1 is 1.25 bits per heavy atom. The van der Waals surface area contributed by atoms with Crippen LogP contribution in [0.15, 0.2) is 42.7 Å². The van der Waals surface area contributed by atoms with Gasteiger partial charge in [0.05, 0.1) is 9.26 Å². The summed E-state index contributed by atoms with van der Waals surface area (Å²) < 4.78 is 2.67. The van der Waals surface area contributed by atoms with E-state index < -0.39 is 5.23 Å². The minimum atomic E-state index is -0.921. The Labute approximate surface area is 129 Å². The van der Waals surface area contributed by atoms with Gasteiger partial charge in [0.2, 0.25) is 0 Å². The SMILES string of the molecule is Cc1ccc2nc(-c3ccc(I)c([NH+]([O-])O)c3)cn2c1. The van der Waals surface area contributed by atoms with Crippen molar-refractivity contribution in [3.63, 3.8) is 0 Å². The van der Waals surface area contributed by atoms with Crippen LogP contribution in [-0.2, 0) is 0 Å². The van der Waals surface area contributed by atoms with Crippen molar-refractivity contribution in [2.45, 2.75) is 6.92 Å². The van der Waals surface area contributed by atoms with E-state index in [0.717, 1.165) is 26.0 Å². The molecule has 102 valence electrons. The van der Waals surface area contributed by atoms with E-state index in [1.807, 2.05) is 64.5 Å². The summed E-state index contributed by atoms with van der Waals surface area (Å²) in [7, 11) is 0. The first-order valence-corrected chi connectivity index (χ1v) is 7.11. The predicted molar refractivity (Wildman–Crippen MR) is 83.9 cm³/mol. The second kappa shape index (κ2) is 5.13. The minimum Gasteiger partial charge on any atom is -0.595 e. The van der Waals surface area contributed by atoms with E-state index in [9.17, 15) is 10.4 Å². The van der Waals surface area contributed by atoms with Crippen LogP contribution >= 0.6 is 22.6 Å². The zero-order chi connectivity index (χ0) is 14.3. The first kappa shape index (κ1) is 13.5. The van der Waals surface area contributed by atoms with E-state index in [2.05, 4.69) is 4.98 Å². The summed E-state index contributed by atoms with van der Waals surface area (Å²) in [6.07, 6.45) is 3.91. The molecule has 2 heterocycles. The highest BCUT2D eigenvalue weighted by molar-refractivity contribution is 14.1. The average molecular weight is 381 g/mol. The lowest BCUT2D eigenvalue weighted by atomic mass is 10.1. The van der Waals surface area contributed by atoms with Gasteiger partial charge in [0.15, 0.2) is 5.69 Å². The molecule has 1 atom stereocenters. The molecular weight excluding hydrogens is 369 g/mol. The number of imidazole rings is 1. The van der Waals surface area contributed by atoms with Gasteiger partial charge in [0.25, 0.3) is 0 Å². The quantitative estimate of drug-likeness (QED) is 0.529. The maximum atomic E-state index is 11.2. The number of aromatic nitrogens is 2. The van der Waals surface area contributed by atoms with Gasteiger partial charge in [-0.3, -0.25) is 0 Å². The summed E-state index contributed by atoms with van der Waals surface area (Å²) in [5.74, 6) is 0. The minimum absolute atomic E-state index is 0.302. The maximum absolute atomic E-state index is 11.2. The highest BCUT2D eigenvalue weighted by Crippen LogP contribution is 2.24. The fourth-order valence-electron chi connectivity index (χ4n) is 2.09. The molecule has 20 heavy (non-hydrogen) atoms. The molecule has 0 bridgehead atoms. The number of quaternary nitrogens is 1. The smallest absolute Gasteiger partial charge is 0.177 e. The zero-order valence-electron chi connectivity index (χ0n) is 10.7. The summed E-state index contributed by atoms with van der Waals surface area (Å²) in [5, 5.41) is 19.5. The zero-order valence-corrected chi connectivity index (χ0v) is 12.8. The van der Waals surface area contributed by atoms with E-state index in [0.29, 0.717) is 5.69 Å². The van der Waals surface area contributed by atoms with Gasteiger partial charge in [-0.15, -0.1) is 0 Å². The highest BCUT2D eigenvalue weighted by Gasteiger charge is 2.11. The van der Waals surface area contributed by atoms with Crippen molar-refractivity contribution < 1.29 is 10.4 Å². The Morgan fingerprint density at radius 3 is 2.80 bits per heavy atom. The van der Waals surface area contributed by atoms with Crippen molar-refractivity contribution in [3.8, 4) is 11.3 Å². The number of fused-ring (bicyclic) bond motifs is 1. The molecule has 0 aliphatic carbocycles. The van der Waals surface area contributed by atoms with Crippen molar-refractivity contribution >= 4 is 33.9 Å². The predicted octanol–water partition coefficient (Wildman–Crippen LogP) is 2.32. The summed E-state index contributed by atoms with van der Waals surface area (Å²) in [6.45, 7) is 2.02. The van der Waals surface area contributed by atoms with Gasteiger partial charge in [0, 0.05) is 24.0 Å². The van der Waals surface area contributed by atoms with Crippen LogP contribution in [0.4, 0.5) is 5.69 Å². The van der Waals surface area contributed by atoms with Crippen molar-refractivity contribution in [1.82, 2.24) is 9.38 Å². The van der Waals surface area contributed by atoms with Crippen molar-refractivity contribution in [2.75, 3.05) is 0 Å². The van der Waals surface area contributed by atoms with Crippen LogP contribution in [0.3, 0.4) is 0 Å². The standard InChI is InChI=1S/C14H12IN3O2/c1-9-2-5-14-16-12(8-17(14)7-9)10-3-4-11(15)13(6-10)18(19)20/h2-8,18-19H,1H3. The molecule has 2 aromatic heterocycles. The molecule has 0 saturated heterocycles. The first-order chi connectivity index (χ1) is 9.54. The summed E-state index contributed by atoms with van der Waals surface area (Å²) in [4.78, 5) is 4.52. The number of rotatable bonds is 2. The molecule has 0 spiro atoms. The number of benzene rings is 1. The summed E-state index contributed by atoms with van der Waals surface area (Å²) >= 11 is 2.02. The number of nitrogens with one attached hydrogen (secondary N) is 1. The number of halogens is 1. The van der Waals surface area contributed by atoms with E-state index in [1.165, 1.54) is 0 Å². The van der Waals surface area contributed by atoms with Crippen molar-refractivity contribution in [2.24, 2.45) is 0 Å². The van der Waals surface area contributed by atoms with Crippen LogP contribution in [0.25, 0.3) is 16.9 Å². The van der Waals surface area contributed by atoms with Gasteiger partial charge in [-0.1, -0.05) is 12.1 Å². The lowest BCUT2D eigenvalue weighted by Crippen LogP contribution is -2.99. The third-order valence-electron chi connectivity index (χ3n) is 3.09. The first-order valence-electron chi connectivity index (χ1n) is 6.03. The molecule has 3 rings (SSSR count). The maximum Gasteiger partial charge on any atom is 0.177 e. The normalized spacial score (nSPS) is 12.8. The molecule has 0 aliphatic heterocycles. The van der Waals surface area contributed by atoms with Crippen LogP contribution < -0.4 is 5.23 Å². The average Bonchev–Trinajstić information content (AvgIpc) is 2.81. The highest BCUT2D eigenvalue weighted by atomic mass is 127. The van der Waals surface area contributed by atoms with Gasteiger partial charge < -0.3 is 9.61 Å². The van der Waals surface area contributed by atoms with Crippen molar-refractivity contribution in [1.29, 1.82) is 0 Å². The molecule has 0 radical (unpaired) electrons. The van der Waals surface area contributed by atoms with Gasteiger partial charge >= 0.3 is 0 Å². The van der Waals surface area contributed by atoms with E-state index in [4.69, 9.17) is 0 Å². The fourth-order valence-corrected chi connectivity index (χ4v) is 2.66. The Bertz CT molecular complexity index is 783. The van der Waals surface area contributed by atoms with E-state index in [-0.39, 0.29) is 0 Å². The van der Waals surface area contributed by atoms with Gasteiger partial charge in [-0.05, 0) is 47.2 Å². The Balaban J connectivity index is 2.13. The largest absolute Gasteiger partial charge is 0.595 e. The molecule has 0 aliphatic rings. The number of nitrogens with zero attached hydrogens (tertiary/aromatic N) is 2. The topological polar surface area (TPSA) is 65.0 Å². The number of hydrogen-bond donors (Lipinski definition) is 2. The van der Waals surface area contributed by atoms with Crippen LogP contribution in [0.1, 0.15) is 5.56 Å². The molecule has 1 unspecified atom stereocenters. The third kappa shape index (κ3) is 2.42. The lowest BCUT2D eigenvalue weighted by Gasteiger charge is -2.13. The van der Waals surface area contributed by atoms with Crippen LogP contribution in [-0.4, -0.2) is 14.6 Å². The molecule has 2 N–H and O–H groups in total.